The van der Waals surface area contributed by atoms with E-state index >= 15 is 0 Å². The van der Waals surface area contributed by atoms with Gasteiger partial charge in [0, 0.05) is 53.7 Å². The molecule has 0 spiro atoms. The molecule has 0 atom stereocenters. The summed E-state index contributed by atoms with van der Waals surface area (Å²) in [5.41, 5.74) is 1.11. The van der Waals surface area contributed by atoms with Gasteiger partial charge in [0.1, 0.15) is 0 Å². The maximum atomic E-state index is 15.0. The van der Waals surface area contributed by atoms with Crippen molar-refractivity contribution in [3.63, 3.8) is 0 Å². The van der Waals surface area contributed by atoms with Gasteiger partial charge in [0.05, 0.1) is 5.52 Å². The molecule has 2 radical (unpaired) electrons. The van der Waals surface area contributed by atoms with Gasteiger partial charge >= 0.3 is 0 Å². The van der Waals surface area contributed by atoms with Crippen molar-refractivity contribution in [2.75, 3.05) is 0 Å². The Balaban J connectivity index is 1.70. The van der Waals surface area contributed by atoms with Gasteiger partial charge in [-0.3, -0.25) is 0 Å². The van der Waals surface area contributed by atoms with Crippen molar-refractivity contribution in [1.82, 2.24) is 4.57 Å². The first-order valence-electron chi connectivity index (χ1n) is 9.16. The quantitative estimate of drug-likeness (QED) is 0.292. The smallest absolute Gasteiger partial charge is 0.183 e. The molecule has 1 aliphatic heterocycles. The summed E-state index contributed by atoms with van der Waals surface area (Å²) < 4.78 is 31.3. The highest BCUT2D eigenvalue weighted by molar-refractivity contribution is 8.00. The van der Waals surface area contributed by atoms with Gasteiger partial charge in [-0.15, -0.1) is 0 Å². The summed E-state index contributed by atoms with van der Waals surface area (Å²) in [4.78, 5) is 3.40. The molecule has 0 bridgehead atoms. The van der Waals surface area contributed by atoms with Crippen LogP contribution < -0.4 is 0 Å². The number of fused-ring (bicyclic) bond motifs is 3. The van der Waals surface area contributed by atoms with Crippen LogP contribution in [0.25, 0.3) is 10.9 Å². The fraction of sp³-hybridized carbons (Fsp3) is 0.0870. The largest absolute Gasteiger partial charge is 0.340 e. The Morgan fingerprint density at radius 3 is 2.10 bits per heavy atom. The predicted molar refractivity (Wildman–Crippen MR) is 120 cm³/mol. The maximum absolute atomic E-state index is 15.0. The molecule has 0 N–H and O–H groups in total. The second-order valence-corrected chi connectivity index (χ2v) is 9.83. The first-order valence-corrected chi connectivity index (χ1v) is 11.5. The van der Waals surface area contributed by atoms with Gasteiger partial charge in [-0.1, -0.05) is 46.7 Å². The number of halogens is 4. The molecular weight excluding hydrogens is 463 g/mol. The van der Waals surface area contributed by atoms with Gasteiger partial charge in [0.25, 0.3) is 0 Å². The summed E-state index contributed by atoms with van der Waals surface area (Å²) in [6.45, 7) is 0.582. The van der Waals surface area contributed by atoms with Crippen LogP contribution in [0, 0.1) is 18.1 Å². The molecule has 3 aromatic carbocycles. The fourth-order valence-corrected chi connectivity index (χ4v) is 5.93. The zero-order chi connectivity index (χ0) is 20.8. The summed E-state index contributed by atoms with van der Waals surface area (Å²) >= 11 is 14.9. The van der Waals surface area contributed by atoms with Crippen molar-refractivity contribution >= 4 is 57.6 Å². The Bertz CT molecular complexity index is 1250. The number of benzene rings is 3. The van der Waals surface area contributed by atoms with Crippen LogP contribution in [0.3, 0.4) is 0 Å². The molecule has 150 valence electrons. The van der Waals surface area contributed by atoms with Crippen molar-refractivity contribution in [3.8, 4) is 0 Å². The molecule has 2 heterocycles. The monoisotopic (exact) mass is 475 g/mol. The number of nitrogens with zero attached hydrogens (tertiary/aromatic N) is 1. The van der Waals surface area contributed by atoms with Crippen molar-refractivity contribution < 1.29 is 8.78 Å². The first-order chi connectivity index (χ1) is 14.5. The molecule has 5 rings (SSSR count). The number of aryl methyl sites for hydroxylation is 1. The van der Waals surface area contributed by atoms with Crippen molar-refractivity contribution in [3.05, 3.63) is 88.4 Å². The van der Waals surface area contributed by atoms with Crippen LogP contribution in [-0.4, -0.2) is 4.57 Å². The van der Waals surface area contributed by atoms with E-state index in [9.17, 15) is 8.78 Å². The number of hydrogen-bond acceptors (Lipinski definition) is 2. The fourth-order valence-electron chi connectivity index (χ4n) is 3.53. The van der Waals surface area contributed by atoms with E-state index in [1.165, 1.54) is 29.6 Å². The van der Waals surface area contributed by atoms with E-state index in [0.717, 1.165) is 20.4 Å². The average molecular weight is 476 g/mol. The van der Waals surface area contributed by atoms with Crippen LogP contribution in [0.1, 0.15) is 12.1 Å². The van der Waals surface area contributed by atoms with E-state index in [-0.39, 0.29) is 0 Å². The lowest BCUT2D eigenvalue weighted by molar-refractivity contribution is 0.510. The second-order valence-electron chi connectivity index (χ2n) is 6.76. The Morgan fingerprint density at radius 1 is 0.867 bits per heavy atom. The van der Waals surface area contributed by atoms with Gasteiger partial charge in [-0.05, 0) is 61.0 Å². The van der Waals surface area contributed by atoms with Gasteiger partial charge in [-0.2, -0.15) is 0 Å². The number of rotatable bonds is 4. The van der Waals surface area contributed by atoms with Crippen molar-refractivity contribution in [2.45, 2.75) is 32.5 Å². The van der Waals surface area contributed by atoms with Gasteiger partial charge in [-0.25, -0.2) is 8.78 Å². The molecule has 0 saturated heterocycles. The highest BCUT2D eigenvalue weighted by Crippen LogP contribution is 2.48. The van der Waals surface area contributed by atoms with Crippen LogP contribution in [0.2, 0.25) is 10.0 Å². The average Bonchev–Trinajstić information content (AvgIpc) is 3.31. The second kappa shape index (κ2) is 8.12. The van der Waals surface area contributed by atoms with Crippen molar-refractivity contribution in [1.29, 1.82) is 0 Å². The molecule has 1 aromatic heterocycles. The van der Waals surface area contributed by atoms with E-state index in [1.54, 1.807) is 12.1 Å². The van der Waals surface area contributed by atoms with Crippen LogP contribution >= 0.6 is 46.7 Å². The minimum atomic E-state index is -0.853. The van der Waals surface area contributed by atoms with Crippen LogP contribution in [-0.2, 0) is 6.54 Å². The zero-order valence-electron chi connectivity index (χ0n) is 15.4. The molecule has 30 heavy (non-hydrogen) atoms. The topological polar surface area (TPSA) is 4.93 Å². The molecule has 1 nitrogen and oxygen atoms in total. The van der Waals surface area contributed by atoms with Crippen LogP contribution in [0.5, 0.6) is 0 Å². The summed E-state index contributed by atoms with van der Waals surface area (Å²) in [5.74, 6) is -1.67. The third-order valence-corrected chi connectivity index (χ3v) is 7.51. The highest BCUT2D eigenvalue weighted by Gasteiger charge is 2.28. The maximum Gasteiger partial charge on any atom is 0.183 e. The molecule has 0 amide bonds. The molecule has 1 aliphatic rings. The standard InChI is InChI=1S/C23H13Cl2F2NS2/c24-13-3-7-15(8-4-13)29-19-12-17(26)21(27)22-20(19)23(18-2-1-11-28(18)22)30-16-9-5-14(25)6-10-16/h3-10,12H,1,11H2. The molecule has 0 unspecified atom stereocenters. The lowest BCUT2D eigenvalue weighted by Crippen LogP contribution is -1.96. The first kappa shape index (κ1) is 20.3. The third-order valence-electron chi connectivity index (χ3n) is 4.84. The summed E-state index contributed by atoms with van der Waals surface area (Å²) in [5, 5.41) is 1.98. The van der Waals surface area contributed by atoms with E-state index in [0.29, 0.717) is 38.8 Å². The lowest BCUT2D eigenvalue weighted by Gasteiger charge is -2.10. The van der Waals surface area contributed by atoms with E-state index in [1.807, 2.05) is 41.0 Å². The Hall–Kier alpha value is -1.66. The minimum absolute atomic E-state index is 0.294. The molecule has 7 heteroatoms. The number of aromatic nitrogens is 1. The molecule has 0 aliphatic carbocycles. The molecule has 0 saturated carbocycles. The molecule has 0 fully saturated rings. The van der Waals surface area contributed by atoms with E-state index in [4.69, 9.17) is 23.2 Å². The normalized spacial score (nSPS) is 13.2. The summed E-state index contributed by atoms with van der Waals surface area (Å²) in [7, 11) is 0. The molecule has 4 aromatic rings. The Labute approximate surface area is 191 Å². The Morgan fingerprint density at radius 2 is 1.47 bits per heavy atom. The van der Waals surface area contributed by atoms with Gasteiger partial charge < -0.3 is 4.57 Å². The van der Waals surface area contributed by atoms with E-state index < -0.39 is 11.6 Å². The zero-order valence-corrected chi connectivity index (χ0v) is 18.5. The summed E-state index contributed by atoms with van der Waals surface area (Å²) in [6, 6.07) is 16.1. The number of hydrogen-bond donors (Lipinski definition) is 0. The third kappa shape index (κ3) is 3.62. The van der Waals surface area contributed by atoms with Gasteiger partial charge in [0.15, 0.2) is 11.6 Å². The van der Waals surface area contributed by atoms with Crippen molar-refractivity contribution in [2.24, 2.45) is 0 Å². The summed E-state index contributed by atoms with van der Waals surface area (Å²) in [6.07, 6.45) is 4.01. The van der Waals surface area contributed by atoms with Crippen LogP contribution in [0.4, 0.5) is 8.78 Å². The van der Waals surface area contributed by atoms with Crippen LogP contribution in [0.15, 0.2) is 74.2 Å². The van der Waals surface area contributed by atoms with E-state index in [2.05, 4.69) is 6.42 Å². The Kier molecular flexibility index (Phi) is 5.48. The molecular formula is C23H13Cl2F2NS2. The van der Waals surface area contributed by atoms with Gasteiger partial charge in [0.2, 0.25) is 0 Å². The lowest BCUT2D eigenvalue weighted by atomic mass is 10.2. The highest BCUT2D eigenvalue weighted by atomic mass is 35.5. The predicted octanol–water partition coefficient (Wildman–Crippen LogP) is 8.36. The minimum Gasteiger partial charge on any atom is -0.340 e. The SMILES string of the molecule is Fc1cc(Sc2ccc(Cl)cc2)c2c(Sc3ccc(Cl)cc3)c3n(c2c1F)CC[C]3.